The minimum absolute atomic E-state index is 0.659. The number of benzene rings is 1. The zero-order valence-corrected chi connectivity index (χ0v) is 12.8. The van der Waals surface area contributed by atoms with Crippen molar-refractivity contribution in [3.05, 3.63) is 53.6 Å². The molecule has 0 bridgehead atoms. The molecule has 1 aromatic carbocycles. The summed E-state index contributed by atoms with van der Waals surface area (Å²) in [6.45, 7) is 0. The number of imidazole rings is 1. The predicted molar refractivity (Wildman–Crippen MR) is 82.9 cm³/mol. The average Bonchev–Trinajstić information content (AvgIpc) is 3.07. The van der Waals surface area contributed by atoms with Gasteiger partial charge in [0.15, 0.2) is 0 Å². The minimum Gasteiger partial charge on any atom is -0.236 e. The van der Waals surface area contributed by atoms with E-state index in [0.717, 1.165) is 21.1 Å². The third-order valence-electron chi connectivity index (χ3n) is 3.66. The van der Waals surface area contributed by atoms with Crippen LogP contribution in [-0.2, 0) is 16.6 Å². The van der Waals surface area contributed by atoms with Crippen LogP contribution in [0.25, 0.3) is 11.6 Å². The Hall–Kier alpha value is -1.92. The summed E-state index contributed by atoms with van der Waals surface area (Å²) in [5.74, 6) is 0. The summed E-state index contributed by atoms with van der Waals surface area (Å²) >= 11 is 0. The second-order valence-electron chi connectivity index (χ2n) is 5.25. The highest BCUT2D eigenvalue weighted by Gasteiger charge is 2.18. The molecular formula is C15H17N3O2S. The zero-order valence-electron chi connectivity index (χ0n) is 12.0. The summed E-state index contributed by atoms with van der Waals surface area (Å²) in [7, 11) is -0.491. The van der Waals surface area contributed by atoms with Crippen LogP contribution in [0.3, 0.4) is 0 Å². The molecule has 3 rings (SSSR count). The second-order valence-corrected chi connectivity index (χ2v) is 7.29. The molecule has 21 heavy (non-hydrogen) atoms. The topological polar surface area (TPSA) is 55.2 Å². The number of hydrogen-bond donors (Lipinski definition) is 0. The van der Waals surface area contributed by atoms with E-state index in [2.05, 4.69) is 17.1 Å². The van der Waals surface area contributed by atoms with Crippen LogP contribution in [0.1, 0.15) is 23.2 Å². The molecule has 0 unspecified atom stereocenters. The van der Waals surface area contributed by atoms with Gasteiger partial charge in [0.1, 0.15) is 6.33 Å². The predicted octanol–water partition coefficient (Wildman–Crippen LogP) is 2.02. The lowest BCUT2D eigenvalue weighted by Gasteiger charge is -2.10. The summed E-state index contributed by atoms with van der Waals surface area (Å²) in [5.41, 5.74) is 4.44. The van der Waals surface area contributed by atoms with Crippen LogP contribution in [0.5, 0.6) is 0 Å². The van der Waals surface area contributed by atoms with Crippen molar-refractivity contribution >= 4 is 21.9 Å². The normalized spacial score (nSPS) is 16.6. The Labute approximate surface area is 124 Å². The van der Waals surface area contributed by atoms with Gasteiger partial charge in [-0.25, -0.2) is 8.96 Å². The standard InChI is InChI=1S/C15H17N3O2S/c1-17(2)21(19,20)18-10-14(16-11-18)9-13-8-7-12-5-3-4-6-15(12)13/h3-6,9-11H,7-8H2,1-2H3/b13-9-. The van der Waals surface area contributed by atoms with E-state index in [9.17, 15) is 8.42 Å². The number of allylic oxidation sites excluding steroid dienone is 1. The summed E-state index contributed by atoms with van der Waals surface area (Å²) in [6, 6.07) is 8.29. The summed E-state index contributed by atoms with van der Waals surface area (Å²) in [4.78, 5) is 4.18. The molecule has 1 aliphatic carbocycles. The molecule has 6 heteroatoms. The van der Waals surface area contributed by atoms with Gasteiger partial charge in [-0.2, -0.15) is 12.7 Å². The summed E-state index contributed by atoms with van der Waals surface area (Å²) in [5, 5.41) is 0. The van der Waals surface area contributed by atoms with E-state index < -0.39 is 10.2 Å². The van der Waals surface area contributed by atoms with Crippen molar-refractivity contribution in [2.45, 2.75) is 12.8 Å². The van der Waals surface area contributed by atoms with Crippen molar-refractivity contribution in [1.29, 1.82) is 0 Å². The van der Waals surface area contributed by atoms with Gasteiger partial charge in [0.25, 0.3) is 0 Å². The smallest absolute Gasteiger partial charge is 0.236 e. The van der Waals surface area contributed by atoms with E-state index in [1.165, 1.54) is 37.1 Å². The van der Waals surface area contributed by atoms with Gasteiger partial charge >= 0.3 is 10.2 Å². The molecule has 1 heterocycles. The maximum atomic E-state index is 12.0. The molecule has 1 aromatic heterocycles. The van der Waals surface area contributed by atoms with Gasteiger partial charge in [0, 0.05) is 20.3 Å². The number of hydrogen-bond acceptors (Lipinski definition) is 3. The summed E-state index contributed by atoms with van der Waals surface area (Å²) < 4.78 is 26.3. The second kappa shape index (κ2) is 5.13. The Balaban J connectivity index is 1.95. The first kappa shape index (κ1) is 14.0. The summed E-state index contributed by atoms with van der Waals surface area (Å²) in [6.07, 6.45) is 6.84. The van der Waals surface area contributed by atoms with E-state index in [1.54, 1.807) is 6.20 Å². The largest absolute Gasteiger partial charge is 0.308 e. The van der Waals surface area contributed by atoms with Gasteiger partial charge < -0.3 is 0 Å². The van der Waals surface area contributed by atoms with Gasteiger partial charge in [-0.15, -0.1) is 0 Å². The lowest BCUT2D eigenvalue weighted by molar-refractivity contribution is 0.510. The van der Waals surface area contributed by atoms with Crippen molar-refractivity contribution in [2.75, 3.05) is 14.1 Å². The van der Waals surface area contributed by atoms with Crippen LogP contribution >= 0.6 is 0 Å². The first-order chi connectivity index (χ1) is 9.98. The van der Waals surface area contributed by atoms with Crippen LogP contribution < -0.4 is 0 Å². The molecule has 0 fully saturated rings. The molecule has 0 amide bonds. The fraction of sp³-hybridized carbons (Fsp3) is 0.267. The lowest BCUT2D eigenvalue weighted by Crippen LogP contribution is -2.27. The number of rotatable bonds is 3. The third kappa shape index (κ3) is 2.52. The van der Waals surface area contributed by atoms with Crippen molar-refractivity contribution in [3.8, 4) is 0 Å². The third-order valence-corrected chi connectivity index (χ3v) is 5.31. The molecule has 0 saturated carbocycles. The first-order valence-corrected chi connectivity index (χ1v) is 8.14. The van der Waals surface area contributed by atoms with E-state index in [4.69, 9.17) is 0 Å². The van der Waals surface area contributed by atoms with Crippen LogP contribution in [0, 0.1) is 0 Å². The first-order valence-electron chi connectivity index (χ1n) is 6.74. The highest BCUT2D eigenvalue weighted by Crippen LogP contribution is 2.33. The highest BCUT2D eigenvalue weighted by molar-refractivity contribution is 7.87. The van der Waals surface area contributed by atoms with Crippen LogP contribution in [0.4, 0.5) is 0 Å². The molecule has 0 atom stereocenters. The van der Waals surface area contributed by atoms with Crippen LogP contribution in [0.15, 0.2) is 36.8 Å². The number of fused-ring (bicyclic) bond motifs is 1. The van der Waals surface area contributed by atoms with E-state index in [-0.39, 0.29) is 0 Å². The maximum absolute atomic E-state index is 12.0. The van der Waals surface area contributed by atoms with Crippen molar-refractivity contribution in [1.82, 2.24) is 13.3 Å². The molecule has 0 aliphatic heterocycles. The molecular weight excluding hydrogens is 286 g/mol. The Morgan fingerprint density at radius 3 is 2.76 bits per heavy atom. The Morgan fingerprint density at radius 1 is 1.24 bits per heavy atom. The van der Waals surface area contributed by atoms with Crippen molar-refractivity contribution in [3.63, 3.8) is 0 Å². The van der Waals surface area contributed by atoms with Crippen molar-refractivity contribution in [2.24, 2.45) is 0 Å². The van der Waals surface area contributed by atoms with Crippen LogP contribution in [0.2, 0.25) is 0 Å². The van der Waals surface area contributed by atoms with E-state index >= 15 is 0 Å². The van der Waals surface area contributed by atoms with Gasteiger partial charge in [-0.3, -0.25) is 0 Å². The Bertz CT molecular complexity index is 804. The van der Waals surface area contributed by atoms with Gasteiger partial charge in [-0.1, -0.05) is 24.3 Å². The molecule has 2 aromatic rings. The molecule has 5 nitrogen and oxygen atoms in total. The molecule has 110 valence electrons. The van der Waals surface area contributed by atoms with E-state index in [0.29, 0.717) is 5.69 Å². The fourth-order valence-electron chi connectivity index (χ4n) is 2.49. The van der Waals surface area contributed by atoms with Crippen molar-refractivity contribution < 1.29 is 8.42 Å². The Morgan fingerprint density at radius 2 is 2.00 bits per heavy atom. The SMILES string of the molecule is CN(C)S(=O)(=O)n1cnc(/C=C2/CCc3ccccc32)c1. The molecule has 0 saturated heterocycles. The van der Waals surface area contributed by atoms with Gasteiger partial charge in [0.05, 0.1) is 5.69 Å². The number of aromatic nitrogens is 2. The lowest BCUT2D eigenvalue weighted by atomic mass is 10.1. The van der Waals surface area contributed by atoms with Gasteiger partial charge in [0.2, 0.25) is 0 Å². The molecule has 0 spiro atoms. The van der Waals surface area contributed by atoms with Crippen LogP contribution in [-0.4, -0.2) is 35.8 Å². The average molecular weight is 303 g/mol. The number of aryl methyl sites for hydroxylation is 1. The van der Waals surface area contributed by atoms with E-state index in [1.807, 2.05) is 18.2 Å². The highest BCUT2D eigenvalue weighted by atomic mass is 32.2. The molecule has 0 N–H and O–H groups in total. The minimum atomic E-state index is -3.49. The van der Waals surface area contributed by atoms with Gasteiger partial charge in [-0.05, 0) is 35.6 Å². The monoisotopic (exact) mass is 303 g/mol. The molecule has 0 radical (unpaired) electrons. The maximum Gasteiger partial charge on any atom is 0.308 e. The molecule has 1 aliphatic rings. The zero-order chi connectivity index (χ0) is 15.0. The Kier molecular flexibility index (Phi) is 3.43. The number of nitrogens with zero attached hydrogens (tertiary/aromatic N) is 3. The quantitative estimate of drug-likeness (QED) is 0.872. The fourth-order valence-corrected chi connectivity index (χ4v) is 3.28.